The van der Waals surface area contributed by atoms with Crippen molar-refractivity contribution >= 4 is 38.0 Å². The van der Waals surface area contributed by atoms with Crippen molar-refractivity contribution in [3.05, 3.63) is 22.4 Å². The third-order valence-electron chi connectivity index (χ3n) is 3.62. The number of carbonyl (C=O) groups is 1. The molecule has 3 rings (SSSR count). The van der Waals surface area contributed by atoms with Crippen LogP contribution in [0.1, 0.15) is 35.4 Å². The summed E-state index contributed by atoms with van der Waals surface area (Å²) in [5.41, 5.74) is 0. The van der Waals surface area contributed by atoms with Gasteiger partial charge < -0.3 is 4.90 Å². The second kappa shape index (κ2) is 5.32. The van der Waals surface area contributed by atoms with Gasteiger partial charge in [0.15, 0.2) is 0 Å². The lowest BCUT2D eigenvalue weighted by atomic mass is 10.2. The molecular weight excluding hydrogens is 276 g/mol. The van der Waals surface area contributed by atoms with Crippen LogP contribution in [-0.4, -0.2) is 23.4 Å². The number of nitriles is 1. The van der Waals surface area contributed by atoms with Gasteiger partial charge in [-0.25, -0.2) is 0 Å². The fraction of sp³-hybridized carbons (Fsp3) is 0.429. The number of fused-ring (bicyclic) bond motifs is 1. The van der Waals surface area contributed by atoms with E-state index in [0.717, 1.165) is 27.1 Å². The van der Waals surface area contributed by atoms with E-state index in [9.17, 15) is 4.79 Å². The molecule has 0 aliphatic heterocycles. The Morgan fingerprint density at radius 1 is 1.42 bits per heavy atom. The Morgan fingerprint density at radius 3 is 2.89 bits per heavy atom. The molecule has 1 amide bonds. The normalized spacial score (nSPS) is 15.7. The smallest absolute Gasteiger partial charge is 0.265 e. The lowest BCUT2D eigenvalue weighted by Crippen LogP contribution is -2.38. The molecule has 0 radical (unpaired) electrons. The van der Waals surface area contributed by atoms with E-state index < -0.39 is 0 Å². The molecule has 2 aromatic heterocycles. The van der Waals surface area contributed by atoms with E-state index in [-0.39, 0.29) is 18.5 Å². The van der Waals surface area contributed by atoms with Crippen molar-refractivity contribution < 1.29 is 4.79 Å². The van der Waals surface area contributed by atoms with Gasteiger partial charge in [-0.15, -0.1) is 22.7 Å². The molecule has 0 N–H and O–H groups in total. The predicted molar refractivity (Wildman–Crippen MR) is 78.6 cm³/mol. The summed E-state index contributed by atoms with van der Waals surface area (Å²) in [7, 11) is 0. The van der Waals surface area contributed by atoms with Gasteiger partial charge in [0.2, 0.25) is 0 Å². The van der Waals surface area contributed by atoms with Crippen LogP contribution < -0.4 is 0 Å². The maximum absolute atomic E-state index is 12.6. The van der Waals surface area contributed by atoms with Crippen LogP contribution in [-0.2, 0) is 0 Å². The summed E-state index contributed by atoms with van der Waals surface area (Å²) in [5.74, 6) is 0.0295. The van der Waals surface area contributed by atoms with Crippen molar-refractivity contribution in [2.24, 2.45) is 0 Å². The van der Waals surface area contributed by atoms with Crippen LogP contribution in [0.2, 0.25) is 0 Å². The highest BCUT2D eigenvalue weighted by Gasteiger charge is 2.28. The summed E-state index contributed by atoms with van der Waals surface area (Å²) in [6.45, 7) is 0.203. The second-order valence-electron chi connectivity index (χ2n) is 4.79. The largest absolute Gasteiger partial charge is 0.322 e. The number of hydrogen-bond donors (Lipinski definition) is 0. The van der Waals surface area contributed by atoms with Crippen LogP contribution in [0.5, 0.6) is 0 Å². The minimum absolute atomic E-state index is 0.0295. The molecule has 5 heteroatoms. The summed E-state index contributed by atoms with van der Waals surface area (Å²) >= 11 is 3.19. The quantitative estimate of drug-likeness (QED) is 0.805. The van der Waals surface area contributed by atoms with E-state index in [4.69, 9.17) is 5.26 Å². The SMILES string of the molecule is N#CCN(C(=O)c1cc2sccc2s1)C1CCCC1. The highest BCUT2D eigenvalue weighted by Crippen LogP contribution is 2.32. The number of thiophene rings is 2. The van der Waals surface area contributed by atoms with Gasteiger partial charge in [-0.2, -0.15) is 5.26 Å². The summed E-state index contributed by atoms with van der Waals surface area (Å²) in [5, 5.41) is 11.0. The molecule has 3 nitrogen and oxygen atoms in total. The molecule has 1 fully saturated rings. The first-order valence-electron chi connectivity index (χ1n) is 6.44. The van der Waals surface area contributed by atoms with Crippen molar-refractivity contribution in [1.82, 2.24) is 4.90 Å². The zero-order valence-electron chi connectivity index (χ0n) is 10.5. The zero-order chi connectivity index (χ0) is 13.2. The predicted octanol–water partition coefficient (Wildman–Crippen LogP) is 3.87. The van der Waals surface area contributed by atoms with Crippen LogP contribution in [0.15, 0.2) is 17.5 Å². The lowest BCUT2D eigenvalue weighted by Gasteiger charge is -2.25. The van der Waals surface area contributed by atoms with E-state index in [2.05, 4.69) is 6.07 Å². The number of hydrogen-bond acceptors (Lipinski definition) is 4. The van der Waals surface area contributed by atoms with Crippen molar-refractivity contribution in [1.29, 1.82) is 5.26 Å². The Hall–Kier alpha value is -1.38. The van der Waals surface area contributed by atoms with Gasteiger partial charge in [0.05, 0.1) is 10.9 Å². The number of rotatable bonds is 3. The molecule has 0 aromatic carbocycles. The summed E-state index contributed by atoms with van der Waals surface area (Å²) < 4.78 is 2.33. The van der Waals surface area contributed by atoms with Gasteiger partial charge in [-0.3, -0.25) is 4.79 Å². The molecule has 1 aliphatic carbocycles. The Kier molecular flexibility index (Phi) is 3.54. The highest BCUT2D eigenvalue weighted by atomic mass is 32.1. The fourth-order valence-electron chi connectivity index (χ4n) is 2.67. The Bertz CT molecular complexity index is 603. The van der Waals surface area contributed by atoms with Crippen molar-refractivity contribution in [2.75, 3.05) is 6.54 Å². The molecule has 2 aromatic rings. The average molecular weight is 290 g/mol. The van der Waals surface area contributed by atoms with Gasteiger partial charge in [-0.05, 0) is 30.4 Å². The van der Waals surface area contributed by atoms with Crippen LogP contribution in [0, 0.1) is 11.3 Å². The van der Waals surface area contributed by atoms with E-state index in [1.165, 1.54) is 24.2 Å². The molecule has 98 valence electrons. The number of nitrogens with zero attached hydrogens (tertiary/aromatic N) is 2. The first-order chi connectivity index (χ1) is 9.29. The van der Waals surface area contributed by atoms with E-state index in [1.807, 2.05) is 17.5 Å². The first-order valence-corrected chi connectivity index (χ1v) is 8.14. The van der Waals surface area contributed by atoms with Gasteiger partial charge in [-0.1, -0.05) is 12.8 Å². The molecule has 0 spiro atoms. The third kappa shape index (κ3) is 2.38. The highest BCUT2D eigenvalue weighted by molar-refractivity contribution is 7.27. The Labute approximate surface area is 120 Å². The van der Waals surface area contributed by atoms with Gasteiger partial charge >= 0.3 is 0 Å². The number of amides is 1. The molecule has 0 unspecified atom stereocenters. The molecular formula is C14H14N2OS2. The van der Waals surface area contributed by atoms with Crippen LogP contribution in [0.4, 0.5) is 0 Å². The second-order valence-corrected chi connectivity index (χ2v) is 6.82. The minimum Gasteiger partial charge on any atom is -0.322 e. The maximum atomic E-state index is 12.6. The Balaban J connectivity index is 1.87. The molecule has 2 heterocycles. The maximum Gasteiger partial charge on any atom is 0.265 e. The van der Waals surface area contributed by atoms with Crippen LogP contribution >= 0.6 is 22.7 Å². The van der Waals surface area contributed by atoms with Crippen molar-refractivity contribution in [2.45, 2.75) is 31.7 Å². The molecule has 1 saturated carbocycles. The topological polar surface area (TPSA) is 44.1 Å². The lowest BCUT2D eigenvalue weighted by molar-refractivity contribution is 0.0714. The van der Waals surface area contributed by atoms with Gasteiger partial charge in [0.1, 0.15) is 6.54 Å². The molecule has 0 atom stereocenters. The van der Waals surface area contributed by atoms with E-state index >= 15 is 0 Å². The van der Waals surface area contributed by atoms with Gasteiger partial charge in [0.25, 0.3) is 5.91 Å². The van der Waals surface area contributed by atoms with Gasteiger partial charge in [0, 0.05) is 15.4 Å². The molecule has 0 saturated heterocycles. The molecule has 19 heavy (non-hydrogen) atoms. The summed E-state index contributed by atoms with van der Waals surface area (Å²) in [6, 6.07) is 6.40. The summed E-state index contributed by atoms with van der Waals surface area (Å²) in [4.78, 5) is 15.1. The van der Waals surface area contributed by atoms with Crippen LogP contribution in [0.25, 0.3) is 9.40 Å². The molecule has 0 bridgehead atoms. The first kappa shape index (κ1) is 12.6. The summed E-state index contributed by atoms with van der Waals surface area (Å²) in [6.07, 6.45) is 4.40. The standard InChI is InChI=1S/C14H14N2OS2/c15-6-7-16(10-3-1-2-4-10)14(17)13-9-12-11(19-13)5-8-18-12/h5,8-10H,1-4,7H2. The van der Waals surface area contributed by atoms with Crippen LogP contribution in [0.3, 0.4) is 0 Å². The van der Waals surface area contributed by atoms with Crippen molar-refractivity contribution in [3.63, 3.8) is 0 Å². The van der Waals surface area contributed by atoms with Crippen molar-refractivity contribution in [3.8, 4) is 6.07 Å². The van der Waals surface area contributed by atoms with E-state index in [1.54, 1.807) is 16.2 Å². The number of carbonyl (C=O) groups excluding carboxylic acids is 1. The zero-order valence-corrected chi connectivity index (χ0v) is 12.1. The minimum atomic E-state index is 0.0295. The van der Waals surface area contributed by atoms with E-state index in [0.29, 0.717) is 0 Å². The third-order valence-corrected chi connectivity index (χ3v) is 5.70. The Morgan fingerprint density at radius 2 is 2.21 bits per heavy atom. The molecule has 1 aliphatic rings. The average Bonchev–Trinajstić information content (AvgIpc) is 3.09. The monoisotopic (exact) mass is 290 g/mol. The fourth-order valence-corrected chi connectivity index (χ4v) is 4.74.